The van der Waals surface area contributed by atoms with Crippen LogP contribution in [0.2, 0.25) is 0 Å². The molecule has 3 nitrogen and oxygen atoms in total. The molecule has 0 aliphatic carbocycles. The van der Waals surface area contributed by atoms with E-state index >= 15 is 0 Å². The topological polar surface area (TPSA) is 39.2 Å². The van der Waals surface area contributed by atoms with Crippen molar-refractivity contribution in [1.29, 1.82) is 0 Å². The molecule has 0 radical (unpaired) electrons. The Bertz CT molecular complexity index is 377. The zero-order valence-electron chi connectivity index (χ0n) is 9.13. The molecule has 82 valence electrons. The Hall–Kier alpha value is -0.900. The van der Waals surface area contributed by atoms with Crippen molar-refractivity contribution in [2.75, 3.05) is 7.11 Å². The molecule has 15 heavy (non-hydrogen) atoms. The summed E-state index contributed by atoms with van der Waals surface area (Å²) >= 11 is 3.28. The highest BCUT2D eigenvalue weighted by atomic mass is 79.9. The van der Waals surface area contributed by atoms with Crippen LogP contribution in [0.4, 0.5) is 0 Å². The molecule has 0 saturated carbocycles. The second-order valence-electron chi connectivity index (χ2n) is 3.32. The van der Waals surface area contributed by atoms with Crippen LogP contribution in [0.15, 0.2) is 10.7 Å². The molecule has 0 amide bonds. The van der Waals surface area contributed by atoms with E-state index in [4.69, 9.17) is 4.74 Å². The van der Waals surface area contributed by atoms with Gasteiger partial charge >= 0.3 is 0 Å². The maximum absolute atomic E-state index is 11.8. The number of carbonyl (C=O) groups is 1. The lowest BCUT2D eigenvalue weighted by atomic mass is 10.1. The highest BCUT2D eigenvalue weighted by molar-refractivity contribution is 9.10. The second kappa shape index (κ2) is 5.26. The highest BCUT2D eigenvalue weighted by Crippen LogP contribution is 2.25. The van der Waals surface area contributed by atoms with Gasteiger partial charge in [0.15, 0.2) is 11.5 Å². The molecule has 0 atom stereocenters. The zero-order chi connectivity index (χ0) is 11.4. The standard InChI is InChI=1S/C11H14BrNO2/c1-4-5-8(14)10-11(15-3)7(2)6-9(12)13-10/h6H,4-5H2,1-3H3. The van der Waals surface area contributed by atoms with Gasteiger partial charge in [-0.2, -0.15) is 0 Å². The minimum absolute atomic E-state index is 0.0266. The van der Waals surface area contributed by atoms with Crippen LogP contribution in [0.3, 0.4) is 0 Å². The highest BCUT2D eigenvalue weighted by Gasteiger charge is 2.16. The number of ether oxygens (including phenoxy) is 1. The number of ketones is 1. The van der Waals surface area contributed by atoms with Gasteiger partial charge in [0.1, 0.15) is 10.3 Å². The van der Waals surface area contributed by atoms with E-state index < -0.39 is 0 Å². The molecule has 0 fully saturated rings. The van der Waals surface area contributed by atoms with Crippen LogP contribution in [0.25, 0.3) is 0 Å². The van der Waals surface area contributed by atoms with Crippen molar-refractivity contribution in [1.82, 2.24) is 4.98 Å². The smallest absolute Gasteiger partial charge is 0.185 e. The van der Waals surface area contributed by atoms with E-state index in [-0.39, 0.29) is 5.78 Å². The Morgan fingerprint density at radius 3 is 2.80 bits per heavy atom. The molecule has 1 aromatic heterocycles. The van der Waals surface area contributed by atoms with Crippen molar-refractivity contribution in [3.63, 3.8) is 0 Å². The summed E-state index contributed by atoms with van der Waals surface area (Å²) in [5, 5.41) is 0. The normalized spacial score (nSPS) is 10.1. The molecule has 0 aliphatic heterocycles. The third-order valence-corrected chi connectivity index (χ3v) is 2.48. The maximum Gasteiger partial charge on any atom is 0.185 e. The van der Waals surface area contributed by atoms with Crippen molar-refractivity contribution in [2.45, 2.75) is 26.7 Å². The van der Waals surface area contributed by atoms with Gasteiger partial charge < -0.3 is 4.74 Å². The molecule has 1 aromatic rings. The fourth-order valence-electron chi connectivity index (χ4n) is 1.41. The van der Waals surface area contributed by atoms with Crippen LogP contribution in [-0.2, 0) is 0 Å². The van der Waals surface area contributed by atoms with Crippen molar-refractivity contribution in [3.05, 3.63) is 21.9 Å². The number of hydrogen-bond acceptors (Lipinski definition) is 3. The van der Waals surface area contributed by atoms with Gasteiger partial charge in [0, 0.05) is 6.42 Å². The molecular weight excluding hydrogens is 258 g/mol. The molecule has 4 heteroatoms. The number of Topliss-reactive ketones (excluding diaryl/α,β-unsaturated/α-hetero) is 1. The van der Waals surface area contributed by atoms with E-state index in [1.807, 2.05) is 19.9 Å². The first-order valence-corrected chi connectivity index (χ1v) is 5.63. The van der Waals surface area contributed by atoms with Crippen LogP contribution in [0.5, 0.6) is 5.75 Å². The van der Waals surface area contributed by atoms with Gasteiger partial charge in [-0.05, 0) is 40.9 Å². The molecule has 1 rings (SSSR count). The lowest BCUT2D eigenvalue weighted by molar-refractivity contribution is 0.0973. The Balaban J connectivity index is 3.20. The minimum atomic E-state index is 0.0266. The Labute approximate surface area is 98.0 Å². The number of halogens is 1. The summed E-state index contributed by atoms with van der Waals surface area (Å²) in [6, 6.07) is 1.83. The van der Waals surface area contributed by atoms with Gasteiger partial charge in [-0.3, -0.25) is 4.79 Å². The number of aromatic nitrogens is 1. The van der Waals surface area contributed by atoms with E-state index in [9.17, 15) is 4.79 Å². The average Bonchev–Trinajstić information content (AvgIpc) is 2.17. The molecule has 0 N–H and O–H groups in total. The summed E-state index contributed by atoms with van der Waals surface area (Å²) in [5.41, 5.74) is 1.34. The van der Waals surface area contributed by atoms with Crippen LogP contribution in [0.1, 0.15) is 35.8 Å². The third kappa shape index (κ3) is 2.78. The summed E-state index contributed by atoms with van der Waals surface area (Å²) < 4.78 is 5.86. The minimum Gasteiger partial charge on any atom is -0.494 e. The first-order chi connectivity index (χ1) is 7.10. The van der Waals surface area contributed by atoms with E-state index in [0.717, 1.165) is 12.0 Å². The van der Waals surface area contributed by atoms with Gasteiger partial charge in [0.25, 0.3) is 0 Å². The Morgan fingerprint density at radius 2 is 2.27 bits per heavy atom. The fourth-order valence-corrected chi connectivity index (χ4v) is 1.93. The zero-order valence-corrected chi connectivity index (χ0v) is 10.7. The molecular formula is C11H14BrNO2. The summed E-state index contributed by atoms with van der Waals surface area (Å²) in [4.78, 5) is 15.9. The van der Waals surface area contributed by atoms with Crippen LogP contribution < -0.4 is 4.74 Å². The van der Waals surface area contributed by atoms with Gasteiger partial charge in [-0.1, -0.05) is 6.92 Å². The fraction of sp³-hybridized carbons (Fsp3) is 0.455. The maximum atomic E-state index is 11.8. The van der Waals surface area contributed by atoms with E-state index in [2.05, 4.69) is 20.9 Å². The molecule has 1 heterocycles. The predicted molar refractivity (Wildman–Crippen MR) is 62.5 cm³/mol. The van der Waals surface area contributed by atoms with E-state index in [0.29, 0.717) is 22.5 Å². The van der Waals surface area contributed by atoms with E-state index in [1.54, 1.807) is 7.11 Å². The largest absolute Gasteiger partial charge is 0.494 e. The molecule has 0 spiro atoms. The molecule has 0 unspecified atom stereocenters. The van der Waals surface area contributed by atoms with Crippen LogP contribution in [-0.4, -0.2) is 17.9 Å². The quantitative estimate of drug-likeness (QED) is 0.624. The third-order valence-electron chi connectivity index (χ3n) is 2.07. The van der Waals surface area contributed by atoms with Crippen molar-refractivity contribution >= 4 is 21.7 Å². The van der Waals surface area contributed by atoms with E-state index in [1.165, 1.54) is 0 Å². The average molecular weight is 272 g/mol. The number of aryl methyl sites for hydroxylation is 1. The van der Waals surface area contributed by atoms with Gasteiger partial charge in [-0.25, -0.2) is 4.98 Å². The monoisotopic (exact) mass is 271 g/mol. The van der Waals surface area contributed by atoms with Crippen LogP contribution in [0, 0.1) is 6.92 Å². The van der Waals surface area contributed by atoms with Crippen molar-refractivity contribution < 1.29 is 9.53 Å². The molecule has 0 saturated heterocycles. The van der Waals surface area contributed by atoms with Gasteiger partial charge in [0.2, 0.25) is 0 Å². The number of rotatable bonds is 4. The lowest BCUT2D eigenvalue weighted by Crippen LogP contribution is -2.06. The lowest BCUT2D eigenvalue weighted by Gasteiger charge is -2.09. The molecule has 0 bridgehead atoms. The first kappa shape index (κ1) is 12.2. The number of nitrogens with zero attached hydrogens (tertiary/aromatic N) is 1. The first-order valence-electron chi connectivity index (χ1n) is 4.84. The van der Waals surface area contributed by atoms with Crippen molar-refractivity contribution in [2.24, 2.45) is 0 Å². The van der Waals surface area contributed by atoms with Gasteiger partial charge in [-0.15, -0.1) is 0 Å². The SMILES string of the molecule is CCCC(=O)c1nc(Br)cc(C)c1OC. The van der Waals surface area contributed by atoms with Gasteiger partial charge in [0.05, 0.1) is 7.11 Å². The summed E-state index contributed by atoms with van der Waals surface area (Å²) in [5.74, 6) is 0.607. The Morgan fingerprint density at radius 1 is 1.60 bits per heavy atom. The molecule has 0 aliphatic rings. The summed E-state index contributed by atoms with van der Waals surface area (Å²) in [6.07, 6.45) is 1.31. The number of methoxy groups -OCH3 is 1. The summed E-state index contributed by atoms with van der Waals surface area (Å²) in [6.45, 7) is 3.86. The summed E-state index contributed by atoms with van der Waals surface area (Å²) in [7, 11) is 1.56. The number of hydrogen-bond donors (Lipinski definition) is 0. The van der Waals surface area contributed by atoms with Crippen molar-refractivity contribution in [3.8, 4) is 5.75 Å². The van der Waals surface area contributed by atoms with Crippen LogP contribution >= 0.6 is 15.9 Å². The Kier molecular flexibility index (Phi) is 4.27. The molecule has 0 aromatic carbocycles. The second-order valence-corrected chi connectivity index (χ2v) is 4.13. The number of pyridine rings is 1. The predicted octanol–water partition coefficient (Wildman–Crippen LogP) is 3.14. The number of carbonyl (C=O) groups excluding carboxylic acids is 1.